The minimum atomic E-state index is -0.0893. The summed E-state index contributed by atoms with van der Waals surface area (Å²) >= 11 is 0. The second-order valence-corrected chi connectivity index (χ2v) is 12.9. The Balaban J connectivity index is 1.49. The Morgan fingerprint density at radius 1 is 1.06 bits per heavy atom. The van der Waals surface area contributed by atoms with Crippen molar-refractivity contribution in [1.29, 1.82) is 0 Å². The highest BCUT2D eigenvalue weighted by Crippen LogP contribution is 2.67. The summed E-state index contributed by atoms with van der Waals surface area (Å²) in [5.41, 5.74) is 4.00. The van der Waals surface area contributed by atoms with Gasteiger partial charge in [-0.15, -0.1) is 0 Å². The zero-order chi connectivity index (χ0) is 22.6. The van der Waals surface area contributed by atoms with E-state index in [9.17, 15) is 5.11 Å². The molecule has 1 nitrogen and oxygen atoms in total. The topological polar surface area (TPSA) is 20.2 Å². The number of allylic oxidation sites excluding steroid dienone is 2. The lowest BCUT2D eigenvalue weighted by Crippen LogP contribution is -2.50. The van der Waals surface area contributed by atoms with Gasteiger partial charge in [0.15, 0.2) is 0 Å². The molecule has 0 aromatic heterocycles. The molecule has 3 saturated carbocycles. The van der Waals surface area contributed by atoms with Crippen LogP contribution in [-0.4, -0.2) is 11.2 Å². The summed E-state index contributed by atoms with van der Waals surface area (Å²) in [6, 6.07) is 0. The molecule has 0 bridgehead atoms. The Labute approximate surface area is 193 Å². The minimum absolute atomic E-state index is 0.0893. The van der Waals surface area contributed by atoms with E-state index in [0.29, 0.717) is 22.7 Å². The average molecular weight is 427 g/mol. The van der Waals surface area contributed by atoms with Gasteiger partial charge in [-0.2, -0.15) is 0 Å². The fourth-order valence-corrected chi connectivity index (χ4v) is 9.24. The van der Waals surface area contributed by atoms with E-state index >= 15 is 0 Å². The molecule has 0 amide bonds. The highest BCUT2D eigenvalue weighted by molar-refractivity contribution is 5.25. The predicted octanol–water partition coefficient (Wildman–Crippen LogP) is 8.19. The molecule has 1 heteroatoms. The molecule has 1 N–H and O–H groups in total. The summed E-state index contributed by atoms with van der Waals surface area (Å²) in [7, 11) is 0. The number of hydrogen-bond acceptors (Lipinski definition) is 1. The molecule has 0 radical (unpaired) electrons. The van der Waals surface area contributed by atoms with Crippen LogP contribution in [0, 0.1) is 52.3 Å². The van der Waals surface area contributed by atoms with Crippen LogP contribution in [0.3, 0.4) is 0 Å². The smallest absolute Gasteiger partial charge is 0.0577 e. The summed E-state index contributed by atoms with van der Waals surface area (Å²) in [5.74, 6) is 5.64. The van der Waals surface area contributed by atoms with Crippen molar-refractivity contribution < 1.29 is 5.11 Å². The van der Waals surface area contributed by atoms with Crippen LogP contribution in [0.4, 0.5) is 0 Å². The van der Waals surface area contributed by atoms with Crippen molar-refractivity contribution in [3.05, 3.63) is 23.8 Å². The van der Waals surface area contributed by atoms with Crippen LogP contribution in [0.5, 0.6) is 0 Å². The third-order valence-corrected chi connectivity index (χ3v) is 11.4. The van der Waals surface area contributed by atoms with Gasteiger partial charge in [0.05, 0.1) is 6.10 Å². The van der Waals surface area contributed by atoms with Gasteiger partial charge < -0.3 is 5.11 Å². The molecule has 0 saturated heterocycles. The number of hydrogen-bond donors (Lipinski definition) is 1. The molecule has 0 aromatic carbocycles. The number of aliphatic hydroxyl groups is 1. The van der Waals surface area contributed by atoms with Crippen LogP contribution in [0.2, 0.25) is 0 Å². The van der Waals surface area contributed by atoms with Gasteiger partial charge in [0.1, 0.15) is 0 Å². The monoisotopic (exact) mass is 426 g/mol. The second kappa shape index (κ2) is 8.66. The Morgan fingerprint density at radius 2 is 1.81 bits per heavy atom. The first kappa shape index (κ1) is 23.6. The molecule has 0 aromatic rings. The maximum atomic E-state index is 10.3. The van der Waals surface area contributed by atoms with Gasteiger partial charge in [-0.3, -0.25) is 0 Å². The van der Waals surface area contributed by atoms with Gasteiger partial charge >= 0.3 is 0 Å². The Hall–Kier alpha value is -0.560. The molecule has 4 aliphatic rings. The number of rotatable bonds is 6. The molecule has 176 valence electrons. The molecule has 10 atom stereocenters. The van der Waals surface area contributed by atoms with Crippen LogP contribution in [0.1, 0.15) is 106 Å². The first-order valence-electron chi connectivity index (χ1n) is 13.7. The largest absolute Gasteiger partial charge is 0.393 e. The standard InChI is InChI=1S/C30H50O/c1-8-19(2)22(5)20(3)17-21(4)26-11-12-27-25-10-9-23-18-24(31)13-15-29(23,6)28(25)14-16-30(26,27)7/h9,19-21,24-28,31H,5,8,10-18H2,1-4,6-7H3. The third kappa shape index (κ3) is 3.89. The van der Waals surface area contributed by atoms with E-state index in [1.165, 1.54) is 56.9 Å². The maximum Gasteiger partial charge on any atom is 0.0577 e. The fourth-order valence-electron chi connectivity index (χ4n) is 9.24. The van der Waals surface area contributed by atoms with E-state index in [-0.39, 0.29) is 6.10 Å². The van der Waals surface area contributed by atoms with Crippen molar-refractivity contribution in [2.75, 3.05) is 0 Å². The molecule has 10 unspecified atom stereocenters. The Morgan fingerprint density at radius 3 is 2.52 bits per heavy atom. The molecule has 0 spiro atoms. The molecular weight excluding hydrogens is 376 g/mol. The quantitative estimate of drug-likeness (QED) is 0.424. The van der Waals surface area contributed by atoms with Gasteiger partial charge in [0.2, 0.25) is 0 Å². The van der Waals surface area contributed by atoms with Crippen LogP contribution in [0.25, 0.3) is 0 Å². The molecule has 31 heavy (non-hydrogen) atoms. The first-order valence-corrected chi connectivity index (χ1v) is 13.7. The third-order valence-electron chi connectivity index (χ3n) is 11.4. The van der Waals surface area contributed by atoms with Crippen molar-refractivity contribution in [2.24, 2.45) is 52.3 Å². The van der Waals surface area contributed by atoms with Crippen LogP contribution >= 0.6 is 0 Å². The predicted molar refractivity (Wildman–Crippen MR) is 133 cm³/mol. The molecule has 4 aliphatic carbocycles. The van der Waals surface area contributed by atoms with Gasteiger partial charge in [-0.1, -0.05) is 65.3 Å². The summed E-state index contributed by atoms with van der Waals surface area (Å²) in [5, 5.41) is 10.3. The highest BCUT2D eigenvalue weighted by Gasteiger charge is 2.59. The van der Waals surface area contributed by atoms with Gasteiger partial charge in [0, 0.05) is 0 Å². The summed E-state index contributed by atoms with van der Waals surface area (Å²) in [6.07, 6.45) is 15.2. The maximum absolute atomic E-state index is 10.3. The lowest BCUT2D eigenvalue weighted by molar-refractivity contribution is -0.0577. The van der Waals surface area contributed by atoms with Crippen molar-refractivity contribution in [2.45, 2.75) is 112 Å². The fraction of sp³-hybridized carbons (Fsp3) is 0.867. The van der Waals surface area contributed by atoms with Crippen molar-refractivity contribution in [3.63, 3.8) is 0 Å². The lowest BCUT2D eigenvalue weighted by Gasteiger charge is -2.58. The molecule has 4 rings (SSSR count). The zero-order valence-corrected chi connectivity index (χ0v) is 21.4. The molecule has 3 fully saturated rings. The molecular formula is C30H50O. The van der Waals surface area contributed by atoms with E-state index in [4.69, 9.17) is 0 Å². The van der Waals surface area contributed by atoms with E-state index < -0.39 is 0 Å². The van der Waals surface area contributed by atoms with E-state index in [0.717, 1.165) is 42.4 Å². The zero-order valence-electron chi connectivity index (χ0n) is 21.4. The van der Waals surface area contributed by atoms with Crippen LogP contribution in [0.15, 0.2) is 23.8 Å². The normalized spacial score (nSPS) is 45.0. The Kier molecular flexibility index (Phi) is 6.59. The SMILES string of the molecule is C=C(C(C)CC)C(C)CC(C)C1CCC2C3CC=C4CC(O)CCC4(C)C3CCC12C. The summed E-state index contributed by atoms with van der Waals surface area (Å²) < 4.78 is 0. The highest BCUT2D eigenvalue weighted by atomic mass is 16.3. The van der Waals surface area contributed by atoms with Gasteiger partial charge in [-0.05, 0) is 116 Å². The molecule has 0 heterocycles. The minimum Gasteiger partial charge on any atom is -0.393 e. The van der Waals surface area contributed by atoms with Gasteiger partial charge in [0.25, 0.3) is 0 Å². The number of aliphatic hydroxyl groups excluding tert-OH is 1. The molecule has 0 aliphatic heterocycles. The van der Waals surface area contributed by atoms with E-state index in [2.05, 4.69) is 54.2 Å². The lowest BCUT2D eigenvalue weighted by atomic mass is 9.47. The van der Waals surface area contributed by atoms with Crippen LogP contribution < -0.4 is 0 Å². The van der Waals surface area contributed by atoms with E-state index in [1.54, 1.807) is 5.57 Å². The van der Waals surface area contributed by atoms with Crippen molar-refractivity contribution in [3.8, 4) is 0 Å². The first-order chi connectivity index (χ1) is 14.6. The summed E-state index contributed by atoms with van der Waals surface area (Å²) in [6.45, 7) is 19.4. The van der Waals surface area contributed by atoms with Crippen molar-refractivity contribution in [1.82, 2.24) is 0 Å². The Bertz CT molecular complexity index is 705. The average Bonchev–Trinajstić information content (AvgIpc) is 3.10. The summed E-state index contributed by atoms with van der Waals surface area (Å²) in [4.78, 5) is 0. The number of fused-ring (bicyclic) bond motifs is 5. The van der Waals surface area contributed by atoms with Crippen LogP contribution in [-0.2, 0) is 0 Å². The van der Waals surface area contributed by atoms with Crippen molar-refractivity contribution >= 4 is 0 Å². The second-order valence-electron chi connectivity index (χ2n) is 12.9. The van der Waals surface area contributed by atoms with Gasteiger partial charge in [-0.25, -0.2) is 0 Å². The van der Waals surface area contributed by atoms with E-state index in [1.807, 2.05) is 0 Å².